The van der Waals surface area contributed by atoms with Gasteiger partial charge < -0.3 is 5.11 Å². The van der Waals surface area contributed by atoms with Crippen LogP contribution in [0.2, 0.25) is 0 Å². The Morgan fingerprint density at radius 1 is 1.22 bits per heavy atom. The number of carboxylic acids is 1. The summed E-state index contributed by atoms with van der Waals surface area (Å²) < 4.78 is 0. The second-order valence-corrected chi connectivity index (χ2v) is 4.13. The highest BCUT2D eigenvalue weighted by Gasteiger charge is 2.16. The van der Waals surface area contributed by atoms with Gasteiger partial charge in [0.25, 0.3) is 0 Å². The minimum atomic E-state index is -0.935. The molecular weight excluding hydrogens is 279 g/mol. The van der Waals surface area contributed by atoms with E-state index >= 15 is 0 Å². The fraction of sp³-hybridized carbons (Fsp3) is 0.700. The average molecular weight is 299 g/mol. The molecule has 8 heteroatoms. The summed E-state index contributed by atoms with van der Waals surface area (Å²) in [6, 6.07) is 0. The maximum atomic E-state index is 10.8. The molecule has 0 bridgehead atoms. The van der Waals surface area contributed by atoms with E-state index in [0.717, 1.165) is 6.42 Å². The lowest BCUT2D eigenvalue weighted by Crippen LogP contribution is -2.59. The summed E-state index contributed by atoms with van der Waals surface area (Å²) in [7, 11) is 0. The van der Waals surface area contributed by atoms with Crippen molar-refractivity contribution in [2.24, 2.45) is 0 Å². The Morgan fingerprint density at radius 2 is 1.89 bits per heavy atom. The first-order valence-electron chi connectivity index (χ1n) is 5.62. The van der Waals surface area contributed by atoms with E-state index in [1.165, 1.54) is 5.12 Å². The number of hydrogen-bond acceptors (Lipinski definition) is 5. The molecule has 0 spiro atoms. The molecule has 0 aromatic heterocycles. The number of rotatable bonds is 12. The molecule has 6 nitrogen and oxygen atoms in total. The Labute approximate surface area is 117 Å². The minimum absolute atomic E-state index is 0.175. The van der Waals surface area contributed by atoms with E-state index in [4.69, 9.17) is 28.3 Å². The van der Waals surface area contributed by atoms with Crippen LogP contribution in [0.25, 0.3) is 0 Å². The van der Waals surface area contributed by atoms with Crippen LogP contribution in [0.4, 0.5) is 0 Å². The summed E-state index contributed by atoms with van der Waals surface area (Å²) in [5.74, 6) is 0.0101. The summed E-state index contributed by atoms with van der Waals surface area (Å²) in [5.41, 5.74) is 5.99. The van der Waals surface area contributed by atoms with E-state index in [1.807, 2.05) is 0 Å². The topological polar surface area (TPSA) is 67.8 Å². The van der Waals surface area contributed by atoms with Crippen LogP contribution in [0.1, 0.15) is 6.42 Å². The lowest BCUT2D eigenvalue weighted by Gasteiger charge is -2.33. The van der Waals surface area contributed by atoms with Gasteiger partial charge in [-0.3, -0.25) is 4.79 Å². The zero-order valence-electron chi connectivity index (χ0n) is 10.2. The largest absolute Gasteiger partial charge is 0.480 e. The highest BCUT2D eigenvalue weighted by Crippen LogP contribution is 1.93. The second-order valence-electron chi connectivity index (χ2n) is 3.37. The van der Waals surface area contributed by atoms with E-state index in [2.05, 4.69) is 17.4 Å². The molecule has 0 unspecified atom stereocenters. The summed E-state index contributed by atoms with van der Waals surface area (Å²) >= 11 is 11.2. The molecular formula is C10H20Cl2N4O2. The zero-order chi connectivity index (χ0) is 13.8. The van der Waals surface area contributed by atoms with Crippen LogP contribution >= 0.6 is 23.2 Å². The molecule has 106 valence electrons. The van der Waals surface area contributed by atoms with Crippen LogP contribution < -0.4 is 10.9 Å². The van der Waals surface area contributed by atoms with Gasteiger partial charge in [0.2, 0.25) is 0 Å². The molecule has 0 heterocycles. The van der Waals surface area contributed by atoms with Crippen molar-refractivity contribution in [1.29, 1.82) is 0 Å². The lowest BCUT2D eigenvalue weighted by atomic mass is 10.5. The summed E-state index contributed by atoms with van der Waals surface area (Å²) in [6.07, 6.45) is 2.41. The normalized spacial score (nSPS) is 11.1. The number of carboxylic acid groups (broad SMARTS) is 1. The highest BCUT2D eigenvalue weighted by atomic mass is 35.5. The molecule has 3 N–H and O–H groups in total. The molecule has 0 amide bonds. The van der Waals surface area contributed by atoms with Gasteiger partial charge in [-0.2, -0.15) is 10.2 Å². The third-order valence-electron chi connectivity index (χ3n) is 1.87. The molecule has 0 aromatic rings. The Balaban J connectivity index is 4.40. The predicted molar refractivity (Wildman–Crippen MR) is 73.3 cm³/mol. The molecule has 0 saturated heterocycles. The quantitative estimate of drug-likeness (QED) is 0.213. The highest BCUT2D eigenvalue weighted by molar-refractivity contribution is 6.18. The third-order valence-corrected chi connectivity index (χ3v) is 2.33. The van der Waals surface area contributed by atoms with Crippen molar-refractivity contribution in [2.75, 3.05) is 37.9 Å². The molecule has 0 aliphatic heterocycles. The second kappa shape index (κ2) is 11.7. The summed E-state index contributed by atoms with van der Waals surface area (Å²) in [5, 5.41) is 12.0. The number of aliphatic carboxylic acids is 1. The lowest BCUT2D eigenvalue weighted by molar-refractivity contribution is -0.153. The predicted octanol–water partition coefficient (Wildman–Crippen LogP) is 0.653. The molecule has 0 aliphatic carbocycles. The number of halogens is 2. The van der Waals surface area contributed by atoms with Crippen molar-refractivity contribution in [3.05, 3.63) is 12.7 Å². The van der Waals surface area contributed by atoms with Gasteiger partial charge in [0.05, 0.1) is 0 Å². The van der Waals surface area contributed by atoms with Crippen molar-refractivity contribution in [1.82, 2.24) is 21.1 Å². The molecule has 18 heavy (non-hydrogen) atoms. The molecule has 0 saturated carbocycles. The number of hydrogen-bond donors (Lipinski definition) is 3. The fourth-order valence-corrected chi connectivity index (χ4v) is 1.39. The van der Waals surface area contributed by atoms with E-state index < -0.39 is 5.97 Å². The first-order valence-corrected chi connectivity index (χ1v) is 6.69. The minimum Gasteiger partial charge on any atom is -0.480 e. The van der Waals surface area contributed by atoms with Crippen molar-refractivity contribution >= 4 is 29.2 Å². The third kappa shape index (κ3) is 8.68. The smallest absolute Gasteiger partial charge is 0.320 e. The van der Waals surface area contributed by atoms with Gasteiger partial charge in [0.15, 0.2) is 0 Å². The first kappa shape index (κ1) is 17.6. The van der Waals surface area contributed by atoms with E-state index in [1.54, 1.807) is 11.2 Å². The number of nitrogens with zero attached hydrogens (tertiary/aromatic N) is 2. The van der Waals surface area contributed by atoms with Crippen molar-refractivity contribution in [2.45, 2.75) is 6.42 Å². The Kier molecular flexibility index (Phi) is 11.5. The molecule has 0 radical (unpaired) electrons. The SMILES string of the molecule is C=CCN(NCCCl)N(CC(=O)O)NCCCCl. The van der Waals surface area contributed by atoms with Gasteiger partial charge in [-0.25, -0.2) is 10.9 Å². The van der Waals surface area contributed by atoms with Crippen molar-refractivity contribution in [3.63, 3.8) is 0 Å². The molecule has 0 rings (SSSR count). The van der Waals surface area contributed by atoms with Crippen molar-refractivity contribution in [3.8, 4) is 0 Å². The summed E-state index contributed by atoms with van der Waals surface area (Å²) in [6.45, 7) is 5.03. The van der Waals surface area contributed by atoms with Crippen LogP contribution in [0.3, 0.4) is 0 Å². The molecule has 0 fully saturated rings. The van der Waals surface area contributed by atoms with Crippen LogP contribution in [-0.2, 0) is 4.79 Å². The number of nitrogens with one attached hydrogen (secondary N) is 2. The average Bonchev–Trinajstić information content (AvgIpc) is 2.33. The molecule has 0 atom stereocenters. The van der Waals surface area contributed by atoms with Crippen LogP contribution in [0, 0.1) is 0 Å². The van der Waals surface area contributed by atoms with Crippen LogP contribution in [0.15, 0.2) is 12.7 Å². The number of carbonyl (C=O) groups is 1. The fourth-order valence-electron chi connectivity index (χ4n) is 1.17. The van der Waals surface area contributed by atoms with Gasteiger partial charge in [-0.05, 0) is 6.42 Å². The molecule has 0 aliphatic rings. The Morgan fingerprint density at radius 3 is 2.39 bits per heavy atom. The van der Waals surface area contributed by atoms with E-state index in [-0.39, 0.29) is 6.54 Å². The van der Waals surface area contributed by atoms with Crippen molar-refractivity contribution < 1.29 is 9.90 Å². The van der Waals surface area contributed by atoms with E-state index in [0.29, 0.717) is 31.4 Å². The first-order chi connectivity index (χ1) is 8.65. The van der Waals surface area contributed by atoms with Gasteiger partial charge in [0.1, 0.15) is 6.54 Å². The maximum absolute atomic E-state index is 10.8. The number of hydrazine groups is 3. The Bertz CT molecular complexity index is 244. The summed E-state index contributed by atoms with van der Waals surface area (Å²) in [4.78, 5) is 10.8. The van der Waals surface area contributed by atoms with Gasteiger partial charge in [0, 0.05) is 31.4 Å². The number of alkyl halides is 2. The van der Waals surface area contributed by atoms with Crippen LogP contribution in [0.5, 0.6) is 0 Å². The van der Waals surface area contributed by atoms with Gasteiger partial charge >= 0.3 is 5.97 Å². The monoisotopic (exact) mass is 298 g/mol. The van der Waals surface area contributed by atoms with E-state index in [9.17, 15) is 4.79 Å². The van der Waals surface area contributed by atoms with Crippen LogP contribution in [-0.4, -0.2) is 59.3 Å². The standard InChI is InChI=1S/C10H20Cl2N4O2/c1-2-8-15(14-7-5-12)16(9-10(17)18)13-6-3-4-11/h2,13-14H,1,3-9H2,(H,17,18). The Hall–Kier alpha value is -0.370. The van der Waals surface area contributed by atoms with Gasteiger partial charge in [-0.15, -0.1) is 29.8 Å². The zero-order valence-corrected chi connectivity index (χ0v) is 11.8. The molecule has 0 aromatic carbocycles. The van der Waals surface area contributed by atoms with Gasteiger partial charge in [-0.1, -0.05) is 6.08 Å². The maximum Gasteiger partial charge on any atom is 0.320 e.